The Morgan fingerprint density at radius 1 is 1.38 bits per heavy atom. The average Bonchev–Trinajstić information content (AvgIpc) is 3.02. The monoisotopic (exact) mass is 344 g/mol. The molecule has 3 rings (SSSR count). The Kier molecular flexibility index (Phi) is 6.01. The van der Waals surface area contributed by atoms with Crippen LogP contribution in [0, 0.1) is 6.92 Å². The Balaban J connectivity index is 1.67. The number of hydrogen-bond donors (Lipinski definition) is 2. The molecule has 1 aliphatic rings. The molecule has 0 radical (unpaired) electrons. The number of morpholine rings is 1. The number of nitrogens with one attached hydrogen (secondary N) is 2. The van der Waals surface area contributed by atoms with Gasteiger partial charge in [0.2, 0.25) is 5.91 Å². The maximum absolute atomic E-state index is 12.5. The molecule has 0 saturated carbocycles. The summed E-state index contributed by atoms with van der Waals surface area (Å²) in [5, 5.41) is 8.66. The number of carbonyl (C=O) groups is 1. The standard InChI is InChI=1S/C19H24N2O2S/c1-14-7-10-24-19(14)17(11-15-5-3-2-4-6-15)21-18(22)12-16-13-23-9-8-20-16/h2-7,10,16-17,20H,8-9,11-13H2,1H3,(H,21,22). The van der Waals surface area contributed by atoms with Crippen LogP contribution in [0.2, 0.25) is 0 Å². The van der Waals surface area contributed by atoms with Gasteiger partial charge in [-0.05, 0) is 35.9 Å². The number of thiophene rings is 1. The number of aryl methyl sites for hydroxylation is 1. The quantitative estimate of drug-likeness (QED) is 0.847. The van der Waals surface area contributed by atoms with Crippen LogP contribution in [0.3, 0.4) is 0 Å². The predicted molar refractivity (Wildman–Crippen MR) is 97.3 cm³/mol. The lowest BCUT2D eigenvalue weighted by Gasteiger charge is -2.25. The normalized spacial score (nSPS) is 19.0. The first-order valence-corrected chi connectivity index (χ1v) is 9.29. The summed E-state index contributed by atoms with van der Waals surface area (Å²) in [7, 11) is 0. The van der Waals surface area contributed by atoms with Crippen molar-refractivity contribution >= 4 is 17.2 Å². The smallest absolute Gasteiger partial charge is 0.222 e. The molecule has 1 fully saturated rings. The van der Waals surface area contributed by atoms with Crippen LogP contribution < -0.4 is 10.6 Å². The minimum atomic E-state index is 0.0180. The van der Waals surface area contributed by atoms with Gasteiger partial charge in [0.15, 0.2) is 0 Å². The zero-order valence-corrected chi connectivity index (χ0v) is 14.8. The highest BCUT2D eigenvalue weighted by molar-refractivity contribution is 7.10. The van der Waals surface area contributed by atoms with Crippen molar-refractivity contribution < 1.29 is 9.53 Å². The van der Waals surface area contributed by atoms with Crippen LogP contribution in [0.5, 0.6) is 0 Å². The van der Waals surface area contributed by atoms with Gasteiger partial charge < -0.3 is 15.4 Å². The zero-order valence-electron chi connectivity index (χ0n) is 14.0. The van der Waals surface area contributed by atoms with Gasteiger partial charge >= 0.3 is 0 Å². The van der Waals surface area contributed by atoms with Gasteiger partial charge in [0.05, 0.1) is 19.3 Å². The summed E-state index contributed by atoms with van der Waals surface area (Å²) in [6, 6.07) is 12.6. The van der Waals surface area contributed by atoms with Crippen molar-refractivity contribution in [3.05, 3.63) is 57.8 Å². The number of rotatable bonds is 6. The van der Waals surface area contributed by atoms with Gasteiger partial charge in [-0.2, -0.15) is 0 Å². The molecule has 2 heterocycles. The highest BCUT2D eigenvalue weighted by atomic mass is 32.1. The lowest BCUT2D eigenvalue weighted by atomic mass is 10.0. The number of hydrogen-bond acceptors (Lipinski definition) is 4. The van der Waals surface area contributed by atoms with E-state index in [1.165, 1.54) is 16.0 Å². The number of carbonyl (C=O) groups excluding carboxylic acids is 1. The van der Waals surface area contributed by atoms with Gasteiger partial charge in [0.1, 0.15) is 0 Å². The van der Waals surface area contributed by atoms with Crippen LogP contribution in [-0.2, 0) is 16.0 Å². The lowest BCUT2D eigenvalue weighted by molar-refractivity contribution is -0.123. The first kappa shape index (κ1) is 17.1. The van der Waals surface area contributed by atoms with Crippen LogP contribution in [0.1, 0.15) is 28.5 Å². The van der Waals surface area contributed by atoms with Crippen LogP contribution >= 0.6 is 11.3 Å². The van der Waals surface area contributed by atoms with Crippen LogP contribution in [-0.4, -0.2) is 31.7 Å². The van der Waals surface area contributed by atoms with Crippen LogP contribution in [0.25, 0.3) is 0 Å². The zero-order chi connectivity index (χ0) is 16.8. The van der Waals surface area contributed by atoms with Gasteiger partial charge in [0.25, 0.3) is 0 Å². The second-order valence-electron chi connectivity index (χ2n) is 6.21. The van der Waals surface area contributed by atoms with Gasteiger partial charge in [-0.15, -0.1) is 11.3 Å². The second-order valence-corrected chi connectivity index (χ2v) is 7.16. The molecule has 1 aromatic carbocycles. The van der Waals surface area contributed by atoms with E-state index >= 15 is 0 Å². The Morgan fingerprint density at radius 2 is 2.21 bits per heavy atom. The van der Waals surface area contributed by atoms with Crippen LogP contribution in [0.4, 0.5) is 0 Å². The molecule has 0 bridgehead atoms. The van der Waals surface area contributed by atoms with E-state index in [4.69, 9.17) is 4.74 Å². The first-order chi connectivity index (χ1) is 11.7. The molecule has 2 aromatic rings. The molecule has 2 N–H and O–H groups in total. The molecule has 1 aromatic heterocycles. The van der Waals surface area contributed by atoms with E-state index in [0.717, 1.165) is 19.6 Å². The fourth-order valence-corrected chi connectivity index (χ4v) is 4.01. The van der Waals surface area contributed by atoms with E-state index in [0.29, 0.717) is 13.0 Å². The van der Waals surface area contributed by atoms with Crippen molar-refractivity contribution in [1.82, 2.24) is 10.6 Å². The van der Waals surface area contributed by atoms with Gasteiger partial charge in [0, 0.05) is 23.9 Å². The molecule has 1 saturated heterocycles. The average molecular weight is 344 g/mol. The van der Waals surface area contributed by atoms with E-state index < -0.39 is 0 Å². The molecule has 24 heavy (non-hydrogen) atoms. The van der Waals surface area contributed by atoms with E-state index in [2.05, 4.69) is 41.1 Å². The lowest BCUT2D eigenvalue weighted by Crippen LogP contribution is -2.44. The van der Waals surface area contributed by atoms with E-state index in [9.17, 15) is 4.79 Å². The molecular weight excluding hydrogens is 320 g/mol. The Labute approximate surface area is 147 Å². The summed E-state index contributed by atoms with van der Waals surface area (Å²) in [6.45, 7) is 4.25. The van der Waals surface area contributed by atoms with Gasteiger partial charge in [-0.25, -0.2) is 0 Å². The van der Waals surface area contributed by atoms with Gasteiger partial charge in [-0.3, -0.25) is 4.79 Å². The highest BCUT2D eigenvalue weighted by Gasteiger charge is 2.22. The molecule has 0 aliphatic carbocycles. The summed E-state index contributed by atoms with van der Waals surface area (Å²) < 4.78 is 5.43. The molecule has 1 aliphatic heterocycles. The van der Waals surface area contributed by atoms with Crippen molar-refractivity contribution in [2.45, 2.75) is 31.8 Å². The molecule has 0 spiro atoms. The fourth-order valence-electron chi connectivity index (χ4n) is 3.03. The maximum Gasteiger partial charge on any atom is 0.222 e. The Hall–Kier alpha value is -1.69. The van der Waals surface area contributed by atoms with Gasteiger partial charge in [-0.1, -0.05) is 30.3 Å². The number of benzene rings is 1. The second kappa shape index (κ2) is 8.42. The predicted octanol–water partition coefficient (Wildman–Crippen LogP) is 2.84. The first-order valence-electron chi connectivity index (χ1n) is 8.41. The van der Waals surface area contributed by atoms with Crippen molar-refractivity contribution in [3.8, 4) is 0 Å². The summed E-state index contributed by atoms with van der Waals surface area (Å²) in [5.74, 6) is 0.0757. The molecule has 128 valence electrons. The molecule has 1 amide bonds. The Morgan fingerprint density at radius 3 is 2.88 bits per heavy atom. The fraction of sp³-hybridized carbons (Fsp3) is 0.421. The van der Waals surface area contributed by atoms with Crippen LogP contribution in [0.15, 0.2) is 41.8 Å². The summed E-state index contributed by atoms with van der Waals surface area (Å²) in [6.07, 6.45) is 1.26. The number of ether oxygens (including phenoxy) is 1. The van der Waals surface area contributed by atoms with E-state index in [1.54, 1.807) is 11.3 Å². The highest BCUT2D eigenvalue weighted by Crippen LogP contribution is 2.27. The minimum Gasteiger partial charge on any atom is -0.378 e. The summed E-state index contributed by atoms with van der Waals surface area (Å²) in [4.78, 5) is 13.8. The minimum absolute atomic E-state index is 0.0180. The van der Waals surface area contributed by atoms with Crippen molar-refractivity contribution in [2.75, 3.05) is 19.8 Å². The largest absolute Gasteiger partial charge is 0.378 e. The molecule has 2 atom stereocenters. The summed E-state index contributed by atoms with van der Waals surface area (Å²) >= 11 is 1.71. The number of amides is 1. The molecule has 5 heteroatoms. The van der Waals surface area contributed by atoms with E-state index in [-0.39, 0.29) is 18.0 Å². The third-order valence-corrected chi connectivity index (χ3v) is 5.40. The van der Waals surface area contributed by atoms with Crippen molar-refractivity contribution in [3.63, 3.8) is 0 Å². The molecular formula is C19H24N2O2S. The van der Waals surface area contributed by atoms with E-state index in [1.807, 2.05) is 18.2 Å². The summed E-state index contributed by atoms with van der Waals surface area (Å²) in [5.41, 5.74) is 2.47. The third kappa shape index (κ3) is 4.66. The molecule has 2 unspecified atom stereocenters. The molecule has 4 nitrogen and oxygen atoms in total. The topological polar surface area (TPSA) is 50.4 Å². The van der Waals surface area contributed by atoms with Crippen molar-refractivity contribution in [2.24, 2.45) is 0 Å². The van der Waals surface area contributed by atoms with Crippen molar-refractivity contribution in [1.29, 1.82) is 0 Å². The third-order valence-electron chi connectivity index (χ3n) is 4.27. The maximum atomic E-state index is 12.5. The SMILES string of the molecule is Cc1ccsc1C(Cc1ccccc1)NC(=O)CC1COCCN1. The Bertz CT molecular complexity index is 650.